The van der Waals surface area contributed by atoms with Gasteiger partial charge in [0.25, 0.3) is 0 Å². The van der Waals surface area contributed by atoms with E-state index >= 15 is 0 Å². The molecule has 0 bridgehead atoms. The monoisotopic (exact) mass is 292 g/mol. The van der Waals surface area contributed by atoms with Gasteiger partial charge in [0, 0.05) is 11.6 Å². The maximum atomic E-state index is 9.59. The van der Waals surface area contributed by atoms with Crippen LogP contribution in [0.1, 0.15) is 17.5 Å². The molecular formula is C17H16N4O. The molecule has 1 heterocycles. The van der Waals surface area contributed by atoms with Crippen molar-refractivity contribution in [2.75, 3.05) is 5.73 Å². The van der Waals surface area contributed by atoms with Crippen molar-refractivity contribution in [3.63, 3.8) is 0 Å². The van der Waals surface area contributed by atoms with E-state index in [2.05, 4.69) is 28.5 Å². The summed E-state index contributed by atoms with van der Waals surface area (Å²) in [6.07, 6.45) is 3.48. The molecule has 0 radical (unpaired) electrons. The first-order chi connectivity index (χ1) is 10.7. The molecule has 0 saturated carbocycles. The van der Waals surface area contributed by atoms with Gasteiger partial charge in [-0.2, -0.15) is 4.68 Å². The summed E-state index contributed by atoms with van der Waals surface area (Å²) >= 11 is 0. The van der Waals surface area contributed by atoms with Crippen LogP contribution < -0.4 is 5.73 Å². The van der Waals surface area contributed by atoms with Gasteiger partial charge in [0.2, 0.25) is 0 Å². The number of hydrogen-bond donors (Lipinski definition) is 2. The van der Waals surface area contributed by atoms with E-state index in [1.807, 2.05) is 6.07 Å². The van der Waals surface area contributed by atoms with E-state index in [4.69, 9.17) is 5.73 Å². The fourth-order valence-electron chi connectivity index (χ4n) is 3.03. The molecule has 3 N–H and O–H groups in total. The Morgan fingerprint density at radius 1 is 1.05 bits per heavy atom. The minimum Gasteiger partial charge on any atom is -0.508 e. The summed E-state index contributed by atoms with van der Waals surface area (Å²) in [6, 6.07) is 13.2. The van der Waals surface area contributed by atoms with Gasteiger partial charge in [-0.25, -0.2) is 0 Å². The van der Waals surface area contributed by atoms with Gasteiger partial charge in [-0.15, -0.1) is 5.10 Å². The third kappa shape index (κ3) is 2.02. The van der Waals surface area contributed by atoms with Crippen molar-refractivity contribution in [2.24, 2.45) is 0 Å². The fourth-order valence-corrected chi connectivity index (χ4v) is 3.03. The van der Waals surface area contributed by atoms with Crippen LogP contribution in [-0.4, -0.2) is 20.1 Å². The Kier molecular flexibility index (Phi) is 2.85. The molecule has 2 aromatic carbocycles. The summed E-state index contributed by atoms with van der Waals surface area (Å²) in [4.78, 5) is 0. The highest BCUT2D eigenvalue weighted by Gasteiger charge is 2.16. The van der Waals surface area contributed by atoms with Gasteiger partial charge in [-0.05, 0) is 48.6 Å². The molecule has 0 spiro atoms. The standard InChI is InChI=1S/C17H16N4O/c18-17-16(13-8-7-11-3-1-4-12(11)9-13)19-20-21(17)14-5-2-6-15(22)10-14/h2,5-10,22H,1,3-4,18H2. The Bertz CT molecular complexity index is 854. The highest BCUT2D eigenvalue weighted by molar-refractivity contribution is 5.72. The van der Waals surface area contributed by atoms with Gasteiger partial charge < -0.3 is 10.8 Å². The minimum atomic E-state index is 0.173. The van der Waals surface area contributed by atoms with Crippen LogP contribution in [0, 0.1) is 0 Å². The van der Waals surface area contributed by atoms with E-state index in [1.54, 1.807) is 22.9 Å². The second kappa shape index (κ2) is 4.87. The Balaban J connectivity index is 1.78. The molecule has 5 heteroatoms. The molecule has 5 nitrogen and oxygen atoms in total. The second-order valence-electron chi connectivity index (χ2n) is 5.59. The molecule has 1 aliphatic carbocycles. The summed E-state index contributed by atoms with van der Waals surface area (Å²) in [5, 5.41) is 17.9. The van der Waals surface area contributed by atoms with E-state index in [0.29, 0.717) is 17.2 Å². The zero-order valence-corrected chi connectivity index (χ0v) is 12.0. The topological polar surface area (TPSA) is 77.0 Å². The van der Waals surface area contributed by atoms with Crippen LogP contribution >= 0.6 is 0 Å². The zero-order valence-electron chi connectivity index (χ0n) is 12.0. The van der Waals surface area contributed by atoms with Crippen LogP contribution in [0.3, 0.4) is 0 Å². The summed E-state index contributed by atoms with van der Waals surface area (Å²) in [5.74, 6) is 0.648. The van der Waals surface area contributed by atoms with Gasteiger partial charge in [0.15, 0.2) is 5.82 Å². The zero-order chi connectivity index (χ0) is 15.1. The molecule has 110 valence electrons. The Hall–Kier alpha value is -2.82. The molecule has 22 heavy (non-hydrogen) atoms. The second-order valence-corrected chi connectivity index (χ2v) is 5.59. The summed E-state index contributed by atoms with van der Waals surface area (Å²) in [7, 11) is 0. The number of phenolic OH excluding ortho intramolecular Hbond substituents is 1. The molecular weight excluding hydrogens is 276 g/mol. The largest absolute Gasteiger partial charge is 0.508 e. The minimum absolute atomic E-state index is 0.173. The van der Waals surface area contributed by atoms with Crippen molar-refractivity contribution < 1.29 is 5.11 Å². The maximum absolute atomic E-state index is 9.59. The number of rotatable bonds is 2. The summed E-state index contributed by atoms with van der Waals surface area (Å²) < 4.78 is 1.54. The molecule has 0 aliphatic heterocycles. The number of nitrogens with zero attached hydrogens (tertiary/aromatic N) is 3. The van der Waals surface area contributed by atoms with Crippen LogP contribution in [0.5, 0.6) is 5.75 Å². The van der Waals surface area contributed by atoms with Gasteiger partial charge in [0.05, 0.1) is 5.69 Å². The maximum Gasteiger partial charge on any atom is 0.155 e. The number of nitrogen functional groups attached to an aromatic ring is 1. The first kappa shape index (κ1) is 12.9. The number of aromatic nitrogens is 3. The van der Waals surface area contributed by atoms with Crippen molar-refractivity contribution in [3.05, 3.63) is 53.6 Å². The fraction of sp³-hybridized carbons (Fsp3) is 0.176. The smallest absolute Gasteiger partial charge is 0.155 e. The lowest BCUT2D eigenvalue weighted by Gasteiger charge is -2.05. The van der Waals surface area contributed by atoms with Crippen LogP contribution in [0.4, 0.5) is 5.82 Å². The van der Waals surface area contributed by atoms with E-state index in [9.17, 15) is 5.11 Å². The molecule has 1 aliphatic rings. The SMILES string of the molecule is Nc1c(-c2ccc3c(c2)CCC3)nnn1-c1cccc(O)c1. The van der Waals surface area contributed by atoms with Crippen LogP contribution in [0.2, 0.25) is 0 Å². The van der Waals surface area contributed by atoms with Gasteiger partial charge >= 0.3 is 0 Å². The average molecular weight is 292 g/mol. The number of benzene rings is 2. The normalized spacial score (nSPS) is 13.3. The van der Waals surface area contributed by atoms with E-state index in [1.165, 1.54) is 17.5 Å². The van der Waals surface area contributed by atoms with Crippen molar-refractivity contribution in [2.45, 2.75) is 19.3 Å². The van der Waals surface area contributed by atoms with E-state index in [0.717, 1.165) is 18.4 Å². The van der Waals surface area contributed by atoms with Crippen molar-refractivity contribution in [3.8, 4) is 22.7 Å². The van der Waals surface area contributed by atoms with Gasteiger partial charge in [-0.1, -0.05) is 23.4 Å². The Labute approximate surface area is 128 Å². The molecule has 0 fully saturated rings. The van der Waals surface area contributed by atoms with Gasteiger partial charge in [-0.3, -0.25) is 0 Å². The number of aryl methyl sites for hydroxylation is 2. The van der Waals surface area contributed by atoms with Crippen LogP contribution in [-0.2, 0) is 12.8 Å². The Morgan fingerprint density at radius 2 is 1.91 bits per heavy atom. The number of phenols is 1. The lowest BCUT2D eigenvalue weighted by molar-refractivity contribution is 0.475. The lowest BCUT2D eigenvalue weighted by atomic mass is 10.0. The summed E-state index contributed by atoms with van der Waals surface area (Å²) in [5.41, 5.74) is 11.4. The molecule has 0 saturated heterocycles. The summed E-state index contributed by atoms with van der Waals surface area (Å²) in [6.45, 7) is 0. The number of anilines is 1. The predicted octanol–water partition coefficient (Wildman–Crippen LogP) is 2.71. The first-order valence-corrected chi connectivity index (χ1v) is 7.35. The average Bonchev–Trinajstić information content (AvgIpc) is 3.12. The highest BCUT2D eigenvalue weighted by Crippen LogP contribution is 2.30. The Morgan fingerprint density at radius 3 is 2.77 bits per heavy atom. The van der Waals surface area contributed by atoms with Crippen LogP contribution in [0.15, 0.2) is 42.5 Å². The quantitative estimate of drug-likeness (QED) is 0.761. The highest BCUT2D eigenvalue weighted by atomic mass is 16.3. The predicted molar refractivity (Wildman–Crippen MR) is 84.9 cm³/mol. The third-order valence-corrected chi connectivity index (χ3v) is 4.15. The lowest BCUT2D eigenvalue weighted by Crippen LogP contribution is -2.02. The molecule has 3 aromatic rings. The number of fused-ring (bicyclic) bond motifs is 1. The third-order valence-electron chi connectivity index (χ3n) is 4.15. The number of nitrogens with two attached hydrogens (primary N) is 1. The first-order valence-electron chi connectivity index (χ1n) is 7.35. The molecule has 0 unspecified atom stereocenters. The van der Waals surface area contributed by atoms with E-state index < -0.39 is 0 Å². The van der Waals surface area contributed by atoms with Crippen molar-refractivity contribution in [1.82, 2.24) is 15.0 Å². The molecule has 4 rings (SSSR count). The van der Waals surface area contributed by atoms with Gasteiger partial charge in [0.1, 0.15) is 11.4 Å². The molecule has 1 aromatic heterocycles. The van der Waals surface area contributed by atoms with Crippen molar-refractivity contribution >= 4 is 5.82 Å². The number of aromatic hydroxyl groups is 1. The van der Waals surface area contributed by atoms with E-state index in [-0.39, 0.29) is 5.75 Å². The molecule has 0 atom stereocenters. The van der Waals surface area contributed by atoms with Crippen molar-refractivity contribution in [1.29, 1.82) is 0 Å². The molecule has 0 amide bonds. The number of hydrogen-bond acceptors (Lipinski definition) is 4. The van der Waals surface area contributed by atoms with Crippen LogP contribution in [0.25, 0.3) is 16.9 Å².